The molecule has 0 saturated heterocycles. The fraction of sp³-hybridized carbons (Fsp3) is 0. The zero-order valence-corrected chi connectivity index (χ0v) is 11.4. The van der Waals surface area contributed by atoms with E-state index in [1.165, 1.54) is 30.5 Å². The van der Waals surface area contributed by atoms with E-state index in [4.69, 9.17) is 23.2 Å². The van der Waals surface area contributed by atoms with E-state index in [0.29, 0.717) is 5.69 Å². The summed E-state index contributed by atoms with van der Waals surface area (Å²) in [6.07, 6.45) is 1.35. The van der Waals surface area contributed by atoms with E-state index in [1.54, 1.807) is 0 Å². The molecule has 1 amide bonds. The lowest BCUT2D eigenvalue weighted by atomic mass is 10.1. The number of carbonyl (C=O) groups is 1. The summed E-state index contributed by atoms with van der Waals surface area (Å²) in [4.78, 5) is 26.1. The summed E-state index contributed by atoms with van der Waals surface area (Å²) in [5.41, 5.74) is -0.0741. The number of amides is 1. The third kappa shape index (κ3) is 3.23. The minimum Gasteiger partial charge on any atom is -0.320 e. The maximum Gasteiger partial charge on any atom is 0.283 e. The minimum absolute atomic E-state index is 0.0886. The van der Waals surface area contributed by atoms with Gasteiger partial charge in [0.25, 0.3) is 11.6 Å². The molecule has 0 spiro atoms. The van der Waals surface area contributed by atoms with Crippen molar-refractivity contribution in [3.05, 3.63) is 62.4 Å². The maximum atomic E-state index is 12.0. The number of hydrogen-bond donors (Lipinski definition) is 1. The zero-order chi connectivity index (χ0) is 14.7. The molecule has 0 aliphatic rings. The molecule has 0 atom stereocenters. The van der Waals surface area contributed by atoms with Crippen LogP contribution < -0.4 is 5.32 Å². The molecule has 1 heterocycles. The van der Waals surface area contributed by atoms with Crippen molar-refractivity contribution >= 4 is 40.5 Å². The molecule has 0 saturated carbocycles. The van der Waals surface area contributed by atoms with Crippen LogP contribution in [0.2, 0.25) is 10.2 Å². The average Bonchev–Trinajstić information content (AvgIpc) is 2.41. The van der Waals surface area contributed by atoms with E-state index in [9.17, 15) is 14.9 Å². The van der Waals surface area contributed by atoms with Crippen molar-refractivity contribution in [3.63, 3.8) is 0 Å². The number of pyridine rings is 1. The number of nitrogens with one attached hydrogen (secondary N) is 1. The molecule has 8 heteroatoms. The highest BCUT2D eigenvalue weighted by atomic mass is 35.5. The van der Waals surface area contributed by atoms with E-state index < -0.39 is 10.8 Å². The van der Waals surface area contributed by atoms with Crippen molar-refractivity contribution in [2.24, 2.45) is 0 Å². The van der Waals surface area contributed by atoms with Crippen LogP contribution >= 0.6 is 23.2 Å². The van der Waals surface area contributed by atoms with Gasteiger partial charge in [-0.05, 0) is 24.3 Å². The number of hydrogen-bond acceptors (Lipinski definition) is 4. The molecule has 0 unspecified atom stereocenters. The summed E-state index contributed by atoms with van der Waals surface area (Å²) in [7, 11) is 0. The number of halogens is 2. The van der Waals surface area contributed by atoms with Gasteiger partial charge in [-0.15, -0.1) is 0 Å². The molecule has 102 valence electrons. The molecule has 0 aliphatic carbocycles. The second-order valence-electron chi connectivity index (χ2n) is 3.74. The van der Waals surface area contributed by atoms with Crippen molar-refractivity contribution in [1.29, 1.82) is 0 Å². The first-order valence-corrected chi connectivity index (χ1v) is 6.10. The number of anilines is 1. The second-order valence-corrected chi connectivity index (χ2v) is 4.57. The van der Waals surface area contributed by atoms with Crippen molar-refractivity contribution in [2.45, 2.75) is 0 Å². The van der Waals surface area contributed by atoms with Gasteiger partial charge in [0.15, 0.2) is 0 Å². The molecular weight excluding hydrogens is 305 g/mol. The summed E-state index contributed by atoms with van der Waals surface area (Å²) in [6, 6.07) is 6.85. The lowest BCUT2D eigenvalue weighted by Crippen LogP contribution is -2.14. The van der Waals surface area contributed by atoms with Gasteiger partial charge in [0.05, 0.1) is 16.8 Å². The average molecular weight is 312 g/mol. The standard InChI is InChI=1S/C12H7Cl2N3O3/c13-7-1-3-9(10(5-7)17(19)20)12(18)16-8-2-4-11(14)15-6-8/h1-6H,(H,16,18). The Morgan fingerprint density at radius 1 is 1.25 bits per heavy atom. The number of aromatic nitrogens is 1. The van der Waals surface area contributed by atoms with Gasteiger partial charge in [-0.2, -0.15) is 0 Å². The van der Waals surface area contributed by atoms with Crippen LogP contribution in [0.5, 0.6) is 0 Å². The highest BCUT2D eigenvalue weighted by Crippen LogP contribution is 2.24. The van der Waals surface area contributed by atoms with Crippen molar-refractivity contribution < 1.29 is 9.72 Å². The Morgan fingerprint density at radius 2 is 2.00 bits per heavy atom. The van der Waals surface area contributed by atoms with Crippen LogP contribution in [0.15, 0.2) is 36.5 Å². The van der Waals surface area contributed by atoms with Crippen molar-refractivity contribution in [1.82, 2.24) is 4.98 Å². The number of benzene rings is 1. The summed E-state index contributed by atoms with van der Waals surface area (Å²) in [5, 5.41) is 13.9. The van der Waals surface area contributed by atoms with Crippen molar-refractivity contribution in [2.75, 3.05) is 5.32 Å². The Morgan fingerprint density at radius 3 is 2.60 bits per heavy atom. The third-order valence-corrected chi connectivity index (χ3v) is 2.85. The Labute approximate surface area is 123 Å². The molecule has 1 N–H and O–H groups in total. The predicted molar refractivity (Wildman–Crippen MR) is 75.3 cm³/mol. The van der Waals surface area contributed by atoms with Crippen LogP contribution in [-0.4, -0.2) is 15.8 Å². The Bertz CT molecular complexity index is 674. The topological polar surface area (TPSA) is 85.1 Å². The van der Waals surface area contributed by atoms with Gasteiger partial charge in [0.2, 0.25) is 0 Å². The van der Waals surface area contributed by atoms with Gasteiger partial charge < -0.3 is 5.32 Å². The normalized spacial score (nSPS) is 10.1. The first-order chi connectivity index (χ1) is 9.47. The van der Waals surface area contributed by atoms with Gasteiger partial charge in [-0.1, -0.05) is 23.2 Å². The molecule has 0 aliphatic heterocycles. The SMILES string of the molecule is O=C(Nc1ccc(Cl)nc1)c1ccc(Cl)cc1[N+](=O)[O-]. The lowest BCUT2D eigenvalue weighted by Gasteiger charge is -2.05. The van der Waals surface area contributed by atoms with Crippen LogP contribution in [0.3, 0.4) is 0 Å². The fourth-order valence-electron chi connectivity index (χ4n) is 1.50. The summed E-state index contributed by atoms with van der Waals surface area (Å²) >= 11 is 11.3. The Kier molecular flexibility index (Phi) is 4.16. The quantitative estimate of drug-likeness (QED) is 0.533. The largest absolute Gasteiger partial charge is 0.320 e. The third-order valence-electron chi connectivity index (χ3n) is 2.39. The van der Waals surface area contributed by atoms with E-state index >= 15 is 0 Å². The number of nitro groups is 1. The van der Waals surface area contributed by atoms with Gasteiger partial charge in [0, 0.05) is 11.1 Å². The molecule has 1 aromatic heterocycles. The number of rotatable bonds is 3. The number of nitro benzene ring substituents is 1. The molecule has 2 aromatic rings. The minimum atomic E-state index is -0.666. The first kappa shape index (κ1) is 14.2. The number of nitrogens with zero attached hydrogens (tertiary/aromatic N) is 2. The number of carbonyl (C=O) groups excluding carboxylic acids is 1. The molecule has 6 nitrogen and oxygen atoms in total. The van der Waals surface area contributed by atoms with Crippen molar-refractivity contribution in [3.8, 4) is 0 Å². The van der Waals surface area contributed by atoms with E-state index in [0.717, 1.165) is 6.07 Å². The molecule has 2 rings (SSSR count). The van der Waals surface area contributed by atoms with Crippen LogP contribution in [0.1, 0.15) is 10.4 Å². The first-order valence-electron chi connectivity index (χ1n) is 5.34. The molecule has 0 fully saturated rings. The fourth-order valence-corrected chi connectivity index (χ4v) is 1.77. The zero-order valence-electron chi connectivity index (χ0n) is 9.84. The highest BCUT2D eigenvalue weighted by molar-refractivity contribution is 6.31. The predicted octanol–water partition coefficient (Wildman–Crippen LogP) is 3.55. The monoisotopic (exact) mass is 311 g/mol. The highest BCUT2D eigenvalue weighted by Gasteiger charge is 2.20. The van der Waals surface area contributed by atoms with Crippen LogP contribution in [0.4, 0.5) is 11.4 Å². The van der Waals surface area contributed by atoms with Gasteiger partial charge in [-0.3, -0.25) is 14.9 Å². The Hall–Kier alpha value is -2.18. The van der Waals surface area contributed by atoms with Gasteiger partial charge in [-0.25, -0.2) is 4.98 Å². The molecule has 0 bridgehead atoms. The Balaban J connectivity index is 2.29. The molecular formula is C12H7Cl2N3O3. The van der Waals surface area contributed by atoms with Crippen LogP contribution in [0.25, 0.3) is 0 Å². The second kappa shape index (κ2) is 5.85. The molecule has 20 heavy (non-hydrogen) atoms. The van der Waals surface area contributed by atoms with Gasteiger partial charge >= 0.3 is 0 Å². The lowest BCUT2D eigenvalue weighted by molar-refractivity contribution is -0.385. The van der Waals surface area contributed by atoms with Crippen LogP contribution in [0, 0.1) is 10.1 Å². The molecule has 0 radical (unpaired) electrons. The van der Waals surface area contributed by atoms with Crippen LogP contribution in [-0.2, 0) is 0 Å². The van der Waals surface area contributed by atoms with E-state index in [-0.39, 0.29) is 21.4 Å². The summed E-state index contributed by atoms with van der Waals surface area (Å²) < 4.78 is 0. The maximum absolute atomic E-state index is 12.0. The van der Waals surface area contributed by atoms with E-state index in [1.807, 2.05) is 0 Å². The molecule has 1 aromatic carbocycles. The smallest absolute Gasteiger partial charge is 0.283 e. The summed E-state index contributed by atoms with van der Waals surface area (Å²) in [6.45, 7) is 0. The van der Waals surface area contributed by atoms with E-state index in [2.05, 4.69) is 10.3 Å². The summed E-state index contributed by atoms with van der Waals surface area (Å²) in [5.74, 6) is -0.627. The van der Waals surface area contributed by atoms with Gasteiger partial charge in [0.1, 0.15) is 10.7 Å².